The molecule has 3 aromatic carbocycles. The van der Waals surface area contributed by atoms with Gasteiger partial charge in [-0.2, -0.15) is 5.26 Å². The first-order chi connectivity index (χ1) is 13.7. The van der Waals surface area contributed by atoms with Gasteiger partial charge in [-0.1, -0.05) is 30.3 Å². The van der Waals surface area contributed by atoms with Crippen LogP contribution in [-0.2, 0) is 4.79 Å². The van der Waals surface area contributed by atoms with E-state index in [-0.39, 0.29) is 18.4 Å². The Labute approximate surface area is 162 Å². The number of amides is 2. The third-order valence-corrected chi connectivity index (χ3v) is 3.94. The number of hydrogen-bond donors (Lipinski definition) is 3. The highest BCUT2D eigenvalue weighted by Crippen LogP contribution is 2.17. The van der Waals surface area contributed by atoms with Gasteiger partial charge in [-0.3, -0.25) is 9.59 Å². The van der Waals surface area contributed by atoms with Gasteiger partial charge in [0.2, 0.25) is 5.91 Å². The molecule has 0 fully saturated rings. The van der Waals surface area contributed by atoms with E-state index >= 15 is 0 Å². The van der Waals surface area contributed by atoms with E-state index in [0.29, 0.717) is 28.2 Å². The number of hydrogen-bond acceptors (Lipinski definition) is 4. The molecule has 6 nitrogen and oxygen atoms in total. The number of anilines is 3. The van der Waals surface area contributed by atoms with E-state index in [1.165, 1.54) is 0 Å². The number of nitrogens with one attached hydrogen (secondary N) is 3. The van der Waals surface area contributed by atoms with Gasteiger partial charge in [0, 0.05) is 17.1 Å². The minimum atomic E-state index is -0.262. The van der Waals surface area contributed by atoms with Crippen molar-refractivity contribution in [1.29, 1.82) is 5.26 Å². The third kappa shape index (κ3) is 4.96. The van der Waals surface area contributed by atoms with Crippen LogP contribution in [0.3, 0.4) is 0 Å². The molecule has 0 bridgehead atoms. The Morgan fingerprint density at radius 2 is 1.43 bits per heavy atom. The van der Waals surface area contributed by atoms with Crippen LogP contribution in [0.4, 0.5) is 17.1 Å². The molecule has 3 N–H and O–H groups in total. The number of para-hydroxylation sites is 2. The predicted molar refractivity (Wildman–Crippen MR) is 109 cm³/mol. The fraction of sp³-hybridized carbons (Fsp3) is 0.0455. The summed E-state index contributed by atoms with van der Waals surface area (Å²) in [5, 5.41) is 17.4. The van der Waals surface area contributed by atoms with Crippen LogP contribution in [0, 0.1) is 11.3 Å². The fourth-order valence-corrected chi connectivity index (χ4v) is 2.56. The maximum Gasteiger partial charge on any atom is 0.257 e. The summed E-state index contributed by atoms with van der Waals surface area (Å²) in [5.41, 5.74) is 2.82. The van der Waals surface area contributed by atoms with Crippen molar-refractivity contribution in [2.75, 3.05) is 22.5 Å². The van der Waals surface area contributed by atoms with Gasteiger partial charge in [0.25, 0.3) is 5.91 Å². The van der Waals surface area contributed by atoms with Crippen molar-refractivity contribution in [1.82, 2.24) is 0 Å². The molecule has 0 radical (unpaired) electrons. The van der Waals surface area contributed by atoms with Gasteiger partial charge in [-0.05, 0) is 48.5 Å². The minimum Gasteiger partial charge on any atom is -0.376 e. The highest BCUT2D eigenvalue weighted by atomic mass is 16.2. The van der Waals surface area contributed by atoms with Crippen molar-refractivity contribution in [3.8, 4) is 6.07 Å². The van der Waals surface area contributed by atoms with Crippen molar-refractivity contribution >= 4 is 28.9 Å². The first-order valence-electron chi connectivity index (χ1n) is 8.65. The zero-order chi connectivity index (χ0) is 19.8. The average molecular weight is 370 g/mol. The summed E-state index contributed by atoms with van der Waals surface area (Å²) in [5.74, 6) is -0.523. The molecule has 2 amide bonds. The molecule has 3 aromatic rings. The summed E-state index contributed by atoms with van der Waals surface area (Å²) < 4.78 is 0. The van der Waals surface area contributed by atoms with Crippen LogP contribution < -0.4 is 16.0 Å². The normalized spacial score (nSPS) is 9.82. The van der Waals surface area contributed by atoms with Crippen LogP contribution in [0.2, 0.25) is 0 Å². The molecular formula is C22H18N4O2. The summed E-state index contributed by atoms with van der Waals surface area (Å²) in [7, 11) is 0. The predicted octanol–water partition coefficient (Wildman–Crippen LogP) is 3.86. The SMILES string of the molecule is N#Cc1ccc(NC(=O)CNc2ccccc2C(=O)Nc2ccccc2)cc1. The second-order valence-corrected chi connectivity index (χ2v) is 5.96. The van der Waals surface area contributed by atoms with Gasteiger partial charge >= 0.3 is 0 Å². The molecule has 0 saturated carbocycles. The van der Waals surface area contributed by atoms with E-state index in [0.717, 1.165) is 0 Å². The Kier molecular flexibility index (Phi) is 6.01. The molecule has 28 heavy (non-hydrogen) atoms. The number of rotatable bonds is 6. The largest absolute Gasteiger partial charge is 0.376 e. The Bertz CT molecular complexity index is 1010. The van der Waals surface area contributed by atoms with E-state index in [9.17, 15) is 9.59 Å². The number of nitrogens with zero attached hydrogens (tertiary/aromatic N) is 1. The second-order valence-electron chi connectivity index (χ2n) is 5.96. The molecule has 0 heterocycles. The summed E-state index contributed by atoms with van der Waals surface area (Å²) in [6.07, 6.45) is 0. The van der Waals surface area contributed by atoms with Gasteiger partial charge < -0.3 is 16.0 Å². The maximum absolute atomic E-state index is 12.6. The van der Waals surface area contributed by atoms with Gasteiger partial charge in [-0.25, -0.2) is 0 Å². The summed E-state index contributed by atoms with van der Waals surface area (Å²) >= 11 is 0. The lowest BCUT2D eigenvalue weighted by molar-refractivity contribution is -0.114. The Morgan fingerprint density at radius 3 is 2.14 bits per heavy atom. The molecule has 0 aromatic heterocycles. The molecule has 0 aliphatic rings. The molecule has 0 aliphatic carbocycles. The van der Waals surface area contributed by atoms with Crippen molar-refractivity contribution in [3.63, 3.8) is 0 Å². The van der Waals surface area contributed by atoms with Crippen LogP contribution in [0.1, 0.15) is 15.9 Å². The average Bonchev–Trinajstić information content (AvgIpc) is 2.74. The number of carbonyl (C=O) groups excluding carboxylic acids is 2. The van der Waals surface area contributed by atoms with Crippen LogP contribution in [0.5, 0.6) is 0 Å². The first-order valence-corrected chi connectivity index (χ1v) is 8.65. The van der Waals surface area contributed by atoms with Crippen LogP contribution in [0.15, 0.2) is 78.9 Å². The van der Waals surface area contributed by atoms with Gasteiger partial charge in [-0.15, -0.1) is 0 Å². The first kappa shape index (κ1) is 18.7. The lowest BCUT2D eigenvalue weighted by Gasteiger charge is -2.12. The molecule has 0 atom stereocenters. The van der Waals surface area contributed by atoms with Gasteiger partial charge in [0.05, 0.1) is 23.7 Å². The van der Waals surface area contributed by atoms with E-state index in [2.05, 4.69) is 16.0 Å². The third-order valence-electron chi connectivity index (χ3n) is 3.94. The zero-order valence-corrected chi connectivity index (χ0v) is 15.0. The van der Waals surface area contributed by atoms with Crippen molar-refractivity contribution in [2.24, 2.45) is 0 Å². The van der Waals surface area contributed by atoms with Crippen molar-refractivity contribution < 1.29 is 9.59 Å². The molecule has 0 aliphatic heterocycles. The lowest BCUT2D eigenvalue weighted by atomic mass is 10.1. The lowest BCUT2D eigenvalue weighted by Crippen LogP contribution is -2.23. The molecule has 138 valence electrons. The quantitative estimate of drug-likeness (QED) is 0.614. The molecule has 0 unspecified atom stereocenters. The van der Waals surface area contributed by atoms with E-state index in [4.69, 9.17) is 5.26 Å². The fourth-order valence-electron chi connectivity index (χ4n) is 2.56. The summed E-state index contributed by atoms with van der Waals surface area (Å²) in [6, 6.07) is 24.8. The summed E-state index contributed by atoms with van der Waals surface area (Å²) in [4.78, 5) is 24.7. The van der Waals surface area contributed by atoms with Crippen molar-refractivity contribution in [3.05, 3.63) is 90.0 Å². The van der Waals surface area contributed by atoms with E-state index in [1.807, 2.05) is 24.3 Å². The minimum absolute atomic E-state index is 0.00433. The zero-order valence-electron chi connectivity index (χ0n) is 15.0. The maximum atomic E-state index is 12.6. The standard InChI is InChI=1S/C22H18N4O2/c23-14-16-10-12-18(13-11-16)25-21(27)15-24-20-9-5-4-8-19(20)22(28)26-17-6-2-1-3-7-17/h1-13,24H,15H2,(H,25,27)(H,26,28). The van der Waals surface area contributed by atoms with Crippen LogP contribution in [0.25, 0.3) is 0 Å². The highest BCUT2D eigenvalue weighted by molar-refractivity contribution is 6.08. The Balaban J connectivity index is 1.62. The monoisotopic (exact) mass is 370 g/mol. The molecular weight excluding hydrogens is 352 g/mol. The number of benzene rings is 3. The summed E-state index contributed by atoms with van der Waals surface area (Å²) in [6.45, 7) is -0.00433. The number of carbonyl (C=O) groups is 2. The Morgan fingerprint density at radius 1 is 0.786 bits per heavy atom. The molecule has 0 saturated heterocycles. The second kappa shape index (κ2) is 9.01. The molecule has 0 spiro atoms. The van der Waals surface area contributed by atoms with Gasteiger partial charge in [0.15, 0.2) is 0 Å². The van der Waals surface area contributed by atoms with E-state index < -0.39 is 0 Å². The number of nitriles is 1. The van der Waals surface area contributed by atoms with Gasteiger partial charge in [0.1, 0.15) is 0 Å². The van der Waals surface area contributed by atoms with Crippen LogP contribution >= 0.6 is 0 Å². The van der Waals surface area contributed by atoms with Crippen molar-refractivity contribution in [2.45, 2.75) is 0 Å². The smallest absolute Gasteiger partial charge is 0.257 e. The van der Waals surface area contributed by atoms with Crippen LogP contribution in [-0.4, -0.2) is 18.4 Å². The topological polar surface area (TPSA) is 94.0 Å². The Hall–Kier alpha value is -4.11. The van der Waals surface area contributed by atoms with E-state index in [1.54, 1.807) is 60.7 Å². The molecule has 3 rings (SSSR count). The highest BCUT2D eigenvalue weighted by Gasteiger charge is 2.12. The molecule has 6 heteroatoms.